The summed E-state index contributed by atoms with van der Waals surface area (Å²) in [6.45, 7) is 6.76. The van der Waals surface area contributed by atoms with E-state index in [1.54, 1.807) is 17.8 Å². The number of carbonyl (C=O) groups excluding carboxylic acids is 1. The van der Waals surface area contributed by atoms with Crippen LogP contribution in [-0.2, 0) is 5.75 Å². The molecule has 170 valence electrons. The molecule has 0 aliphatic carbocycles. The van der Waals surface area contributed by atoms with E-state index < -0.39 is 0 Å². The number of hydrogen-bond donors (Lipinski definition) is 1. The summed E-state index contributed by atoms with van der Waals surface area (Å²) >= 11 is 9.29. The van der Waals surface area contributed by atoms with Crippen LogP contribution in [0.15, 0.2) is 53.3 Å². The number of thiazole rings is 1. The largest absolute Gasteiger partial charge is 0.350 e. The number of nitrogens with zero attached hydrogens (tertiary/aromatic N) is 5. The lowest BCUT2D eigenvalue weighted by Gasteiger charge is -2.13. The van der Waals surface area contributed by atoms with Gasteiger partial charge in [-0.05, 0) is 42.7 Å². The SMILES string of the molecule is Cc1ccc(Cl)cc1-n1c(SCc2nc(C(=O)NCC(C)C)cs2)nnc1-c1cccnc1. The Morgan fingerprint density at radius 2 is 2.12 bits per heavy atom. The van der Waals surface area contributed by atoms with Gasteiger partial charge in [-0.25, -0.2) is 4.98 Å². The summed E-state index contributed by atoms with van der Waals surface area (Å²) in [7, 11) is 0. The average molecular weight is 499 g/mol. The van der Waals surface area contributed by atoms with E-state index in [2.05, 4.69) is 39.3 Å². The van der Waals surface area contributed by atoms with Crippen molar-refractivity contribution in [2.75, 3.05) is 6.54 Å². The Kier molecular flexibility index (Phi) is 7.42. The van der Waals surface area contributed by atoms with E-state index in [0.717, 1.165) is 21.8 Å². The van der Waals surface area contributed by atoms with E-state index in [1.165, 1.54) is 23.1 Å². The number of hydrogen-bond acceptors (Lipinski definition) is 7. The number of carbonyl (C=O) groups is 1. The molecule has 0 aliphatic heterocycles. The Labute approximate surface area is 205 Å². The van der Waals surface area contributed by atoms with Crippen LogP contribution in [0.4, 0.5) is 0 Å². The van der Waals surface area contributed by atoms with Gasteiger partial charge < -0.3 is 5.32 Å². The molecule has 3 heterocycles. The van der Waals surface area contributed by atoms with Gasteiger partial charge in [-0.2, -0.15) is 0 Å². The standard InChI is InChI=1S/C23H23ClN6OS2/c1-14(2)10-26-22(31)18-12-32-20(27-18)13-33-23-29-28-21(16-5-4-8-25-11-16)30(23)19-9-17(24)7-6-15(19)3/h4-9,11-12,14H,10,13H2,1-3H3,(H,26,31). The van der Waals surface area contributed by atoms with Gasteiger partial charge in [0.1, 0.15) is 10.7 Å². The summed E-state index contributed by atoms with van der Waals surface area (Å²) in [5.74, 6) is 1.49. The van der Waals surface area contributed by atoms with Crippen LogP contribution in [0.2, 0.25) is 5.02 Å². The van der Waals surface area contributed by atoms with E-state index in [0.29, 0.717) is 39.9 Å². The monoisotopic (exact) mass is 498 g/mol. The minimum atomic E-state index is -0.146. The van der Waals surface area contributed by atoms with Crippen molar-refractivity contribution in [3.8, 4) is 17.1 Å². The number of nitrogens with one attached hydrogen (secondary N) is 1. The van der Waals surface area contributed by atoms with Crippen LogP contribution in [0, 0.1) is 12.8 Å². The Balaban J connectivity index is 1.61. The first-order valence-corrected chi connectivity index (χ1v) is 12.6. The highest BCUT2D eigenvalue weighted by Gasteiger charge is 2.19. The topological polar surface area (TPSA) is 85.6 Å². The Hall–Kier alpha value is -2.75. The maximum Gasteiger partial charge on any atom is 0.270 e. The highest BCUT2D eigenvalue weighted by molar-refractivity contribution is 7.98. The lowest BCUT2D eigenvalue weighted by molar-refractivity contribution is 0.0944. The van der Waals surface area contributed by atoms with Crippen LogP contribution in [-0.4, -0.2) is 37.2 Å². The fraction of sp³-hybridized carbons (Fsp3) is 0.261. The van der Waals surface area contributed by atoms with Gasteiger partial charge in [-0.15, -0.1) is 21.5 Å². The van der Waals surface area contributed by atoms with Crippen molar-refractivity contribution in [2.45, 2.75) is 31.7 Å². The fourth-order valence-corrected chi connectivity index (χ4v) is 4.98. The summed E-state index contributed by atoms with van der Waals surface area (Å²) < 4.78 is 1.99. The number of pyridine rings is 1. The highest BCUT2D eigenvalue weighted by atomic mass is 35.5. The molecule has 1 aromatic carbocycles. The number of aromatic nitrogens is 5. The zero-order valence-electron chi connectivity index (χ0n) is 18.4. The molecule has 0 atom stereocenters. The molecule has 1 N–H and O–H groups in total. The molecule has 3 aromatic heterocycles. The molecule has 0 fully saturated rings. The first-order chi connectivity index (χ1) is 15.9. The summed E-state index contributed by atoms with van der Waals surface area (Å²) in [6.07, 6.45) is 3.49. The van der Waals surface area contributed by atoms with Gasteiger partial charge >= 0.3 is 0 Å². The van der Waals surface area contributed by atoms with Crippen molar-refractivity contribution < 1.29 is 4.79 Å². The van der Waals surface area contributed by atoms with Crippen molar-refractivity contribution in [1.29, 1.82) is 0 Å². The van der Waals surface area contributed by atoms with Crippen LogP contribution in [0.25, 0.3) is 17.1 Å². The number of aryl methyl sites for hydroxylation is 1. The van der Waals surface area contributed by atoms with E-state index in [1.807, 2.05) is 41.8 Å². The normalized spacial score (nSPS) is 11.2. The molecule has 4 aromatic rings. The second kappa shape index (κ2) is 10.5. The molecular formula is C23H23ClN6OS2. The quantitative estimate of drug-likeness (QED) is 0.326. The Bertz CT molecular complexity index is 1260. The summed E-state index contributed by atoms with van der Waals surface area (Å²) in [4.78, 5) is 21.0. The predicted octanol–water partition coefficient (Wildman–Crippen LogP) is 5.43. The van der Waals surface area contributed by atoms with Crippen LogP contribution in [0.5, 0.6) is 0 Å². The number of amides is 1. The van der Waals surface area contributed by atoms with Gasteiger partial charge in [0, 0.05) is 34.9 Å². The second-order valence-corrected chi connectivity index (χ2v) is 10.2. The van der Waals surface area contributed by atoms with Crippen molar-refractivity contribution in [1.82, 2.24) is 30.0 Å². The van der Waals surface area contributed by atoms with Gasteiger partial charge in [0.2, 0.25) is 0 Å². The minimum Gasteiger partial charge on any atom is -0.350 e. The van der Waals surface area contributed by atoms with Crippen LogP contribution in [0.3, 0.4) is 0 Å². The maximum absolute atomic E-state index is 12.3. The zero-order chi connectivity index (χ0) is 23.4. The third-order valence-electron chi connectivity index (χ3n) is 4.75. The molecule has 1 amide bonds. The molecule has 4 rings (SSSR count). The smallest absolute Gasteiger partial charge is 0.270 e. The number of rotatable bonds is 8. The number of halogens is 1. The van der Waals surface area contributed by atoms with Gasteiger partial charge in [0.05, 0.1) is 11.4 Å². The molecule has 10 heteroatoms. The maximum atomic E-state index is 12.3. The fourth-order valence-electron chi connectivity index (χ4n) is 3.08. The van der Waals surface area contributed by atoms with Crippen molar-refractivity contribution >= 4 is 40.6 Å². The van der Waals surface area contributed by atoms with Crippen molar-refractivity contribution in [3.63, 3.8) is 0 Å². The first kappa shape index (κ1) is 23.4. The summed E-state index contributed by atoms with van der Waals surface area (Å²) in [5, 5.41) is 15.8. The second-order valence-electron chi connectivity index (χ2n) is 7.83. The zero-order valence-corrected chi connectivity index (χ0v) is 20.8. The van der Waals surface area contributed by atoms with Crippen LogP contribution < -0.4 is 5.32 Å². The average Bonchev–Trinajstić information content (AvgIpc) is 3.45. The van der Waals surface area contributed by atoms with Crippen molar-refractivity contribution in [2.24, 2.45) is 5.92 Å². The lowest BCUT2D eigenvalue weighted by atomic mass is 10.2. The molecule has 0 unspecified atom stereocenters. The van der Waals surface area contributed by atoms with Crippen molar-refractivity contribution in [3.05, 3.63) is 69.4 Å². The molecule has 0 saturated heterocycles. The summed E-state index contributed by atoms with van der Waals surface area (Å²) in [6, 6.07) is 9.56. The predicted molar refractivity (Wildman–Crippen MR) is 133 cm³/mol. The molecule has 33 heavy (non-hydrogen) atoms. The van der Waals surface area contributed by atoms with E-state index in [4.69, 9.17) is 11.6 Å². The molecule has 0 saturated carbocycles. The van der Waals surface area contributed by atoms with Crippen LogP contribution >= 0.6 is 34.7 Å². The number of thioether (sulfide) groups is 1. The molecule has 0 aliphatic rings. The third kappa shape index (κ3) is 5.61. The Morgan fingerprint density at radius 3 is 2.88 bits per heavy atom. The number of benzene rings is 1. The van der Waals surface area contributed by atoms with Crippen LogP contribution in [0.1, 0.15) is 34.9 Å². The highest BCUT2D eigenvalue weighted by Crippen LogP contribution is 2.32. The first-order valence-electron chi connectivity index (χ1n) is 10.4. The van der Waals surface area contributed by atoms with Gasteiger partial charge in [-0.1, -0.05) is 43.3 Å². The minimum absolute atomic E-state index is 0.146. The third-order valence-corrected chi connectivity index (χ3v) is 6.95. The summed E-state index contributed by atoms with van der Waals surface area (Å²) in [5.41, 5.74) is 3.25. The van der Waals surface area contributed by atoms with E-state index >= 15 is 0 Å². The van der Waals surface area contributed by atoms with E-state index in [9.17, 15) is 4.79 Å². The molecule has 0 radical (unpaired) electrons. The lowest BCUT2D eigenvalue weighted by Crippen LogP contribution is -2.27. The Morgan fingerprint density at radius 1 is 1.27 bits per heavy atom. The molecule has 7 nitrogen and oxygen atoms in total. The van der Waals surface area contributed by atoms with Gasteiger partial charge in [0.15, 0.2) is 11.0 Å². The molecule has 0 bridgehead atoms. The van der Waals surface area contributed by atoms with Gasteiger partial charge in [0.25, 0.3) is 5.91 Å². The molecular weight excluding hydrogens is 476 g/mol. The van der Waals surface area contributed by atoms with Gasteiger partial charge in [-0.3, -0.25) is 14.3 Å². The molecule has 0 spiro atoms. The van der Waals surface area contributed by atoms with E-state index in [-0.39, 0.29) is 5.91 Å².